The number of rotatable bonds is 4. The molecule has 6 heteroatoms. The van der Waals surface area contributed by atoms with E-state index < -0.39 is 18.0 Å². The summed E-state index contributed by atoms with van der Waals surface area (Å²) < 4.78 is 5.51. The molecule has 0 saturated heterocycles. The van der Waals surface area contributed by atoms with Crippen molar-refractivity contribution in [1.82, 2.24) is 5.32 Å². The first-order valence-electron chi connectivity index (χ1n) is 5.71. The molecule has 0 fully saturated rings. The van der Waals surface area contributed by atoms with Crippen LogP contribution in [0.5, 0.6) is 5.75 Å². The molecule has 0 aliphatic heterocycles. The van der Waals surface area contributed by atoms with Crippen LogP contribution in [0.25, 0.3) is 0 Å². The van der Waals surface area contributed by atoms with E-state index in [1.807, 2.05) is 11.4 Å². The van der Waals surface area contributed by atoms with E-state index in [9.17, 15) is 9.59 Å². The molecule has 0 aliphatic rings. The standard InChI is InChI=1S/C13H15N3O3/c1-8(2)11(12(17)16-13(15)18)19-10-5-3-9(7-14)4-6-10/h3-6,8,11H,1-2H3,(H3,15,16,17,18)/t11-/m0/s1. The van der Waals surface area contributed by atoms with Gasteiger partial charge in [-0.1, -0.05) is 13.8 Å². The fourth-order valence-corrected chi connectivity index (χ4v) is 1.44. The van der Waals surface area contributed by atoms with Gasteiger partial charge in [0.05, 0.1) is 11.6 Å². The molecule has 0 aliphatic carbocycles. The van der Waals surface area contributed by atoms with Gasteiger partial charge in [-0.15, -0.1) is 0 Å². The maximum Gasteiger partial charge on any atom is 0.318 e. The lowest BCUT2D eigenvalue weighted by molar-refractivity contribution is -0.128. The molecule has 1 atom stereocenters. The molecule has 0 spiro atoms. The Balaban J connectivity index is 2.81. The SMILES string of the molecule is CC(C)[C@H](Oc1ccc(C#N)cc1)C(=O)NC(N)=O. The van der Waals surface area contributed by atoms with Gasteiger partial charge in [0, 0.05) is 0 Å². The number of hydrogen-bond acceptors (Lipinski definition) is 4. The minimum absolute atomic E-state index is 0.144. The Kier molecular flexibility index (Phi) is 4.89. The van der Waals surface area contributed by atoms with Gasteiger partial charge in [0.15, 0.2) is 6.10 Å². The van der Waals surface area contributed by atoms with Gasteiger partial charge in [-0.2, -0.15) is 5.26 Å². The number of nitrogens with two attached hydrogens (primary N) is 1. The van der Waals surface area contributed by atoms with Crippen LogP contribution in [0.3, 0.4) is 0 Å². The van der Waals surface area contributed by atoms with E-state index >= 15 is 0 Å². The third-order valence-corrected chi connectivity index (χ3v) is 2.36. The molecular weight excluding hydrogens is 246 g/mol. The summed E-state index contributed by atoms with van der Waals surface area (Å²) in [6.07, 6.45) is -0.833. The van der Waals surface area contributed by atoms with Crippen LogP contribution in [0, 0.1) is 17.2 Å². The molecule has 1 rings (SSSR count). The zero-order chi connectivity index (χ0) is 14.4. The number of urea groups is 1. The summed E-state index contributed by atoms with van der Waals surface area (Å²) in [6, 6.07) is 7.41. The minimum Gasteiger partial charge on any atom is -0.480 e. The molecule has 19 heavy (non-hydrogen) atoms. The molecule has 0 unspecified atom stereocenters. The Morgan fingerprint density at radius 1 is 1.32 bits per heavy atom. The molecule has 0 aromatic heterocycles. The third kappa shape index (κ3) is 4.32. The van der Waals surface area contributed by atoms with E-state index in [1.165, 1.54) is 0 Å². The van der Waals surface area contributed by atoms with Gasteiger partial charge in [0.2, 0.25) is 0 Å². The molecule has 0 radical (unpaired) electrons. The van der Waals surface area contributed by atoms with Gasteiger partial charge in [-0.05, 0) is 30.2 Å². The van der Waals surface area contributed by atoms with Crippen molar-refractivity contribution in [1.29, 1.82) is 5.26 Å². The summed E-state index contributed by atoms with van der Waals surface area (Å²) in [7, 11) is 0. The average Bonchev–Trinajstić information content (AvgIpc) is 2.35. The van der Waals surface area contributed by atoms with Gasteiger partial charge in [-0.3, -0.25) is 10.1 Å². The first-order valence-corrected chi connectivity index (χ1v) is 5.71. The van der Waals surface area contributed by atoms with Crippen molar-refractivity contribution in [3.63, 3.8) is 0 Å². The van der Waals surface area contributed by atoms with Crippen LogP contribution in [0.2, 0.25) is 0 Å². The van der Waals surface area contributed by atoms with Gasteiger partial charge < -0.3 is 10.5 Å². The van der Waals surface area contributed by atoms with Crippen LogP contribution in [-0.2, 0) is 4.79 Å². The second-order valence-corrected chi connectivity index (χ2v) is 4.27. The highest BCUT2D eigenvalue weighted by molar-refractivity contribution is 5.96. The van der Waals surface area contributed by atoms with Crippen LogP contribution in [0.4, 0.5) is 4.79 Å². The van der Waals surface area contributed by atoms with Crippen molar-refractivity contribution in [2.45, 2.75) is 20.0 Å². The predicted octanol–water partition coefficient (Wildman–Crippen LogP) is 1.16. The Morgan fingerprint density at radius 3 is 2.32 bits per heavy atom. The monoisotopic (exact) mass is 261 g/mol. The number of primary amides is 1. The van der Waals surface area contributed by atoms with Crippen LogP contribution in [-0.4, -0.2) is 18.0 Å². The van der Waals surface area contributed by atoms with Crippen molar-refractivity contribution >= 4 is 11.9 Å². The second-order valence-electron chi connectivity index (χ2n) is 4.27. The fraction of sp³-hybridized carbons (Fsp3) is 0.308. The topological polar surface area (TPSA) is 105 Å². The van der Waals surface area contributed by atoms with Gasteiger partial charge in [0.1, 0.15) is 5.75 Å². The lowest BCUT2D eigenvalue weighted by Crippen LogP contribution is -2.46. The highest BCUT2D eigenvalue weighted by Gasteiger charge is 2.25. The third-order valence-electron chi connectivity index (χ3n) is 2.36. The highest BCUT2D eigenvalue weighted by atomic mass is 16.5. The number of benzene rings is 1. The summed E-state index contributed by atoms with van der Waals surface area (Å²) in [4.78, 5) is 22.4. The number of hydrogen-bond donors (Lipinski definition) is 2. The first kappa shape index (κ1) is 14.5. The molecule has 3 N–H and O–H groups in total. The van der Waals surface area contributed by atoms with Crippen molar-refractivity contribution in [2.24, 2.45) is 11.7 Å². The number of amides is 3. The van der Waals surface area contributed by atoms with Crippen molar-refractivity contribution < 1.29 is 14.3 Å². The number of nitrogens with zero attached hydrogens (tertiary/aromatic N) is 1. The minimum atomic E-state index is -0.918. The van der Waals surface area contributed by atoms with E-state index in [4.69, 9.17) is 15.7 Å². The molecule has 3 amide bonds. The summed E-state index contributed by atoms with van der Waals surface area (Å²) in [5.74, 6) is -0.292. The average molecular weight is 261 g/mol. The Morgan fingerprint density at radius 2 is 1.89 bits per heavy atom. The van der Waals surface area contributed by atoms with Crippen LogP contribution >= 0.6 is 0 Å². The Labute approximate surface area is 111 Å². The van der Waals surface area contributed by atoms with Crippen LogP contribution in [0.1, 0.15) is 19.4 Å². The van der Waals surface area contributed by atoms with E-state index in [1.54, 1.807) is 38.1 Å². The molecule has 6 nitrogen and oxygen atoms in total. The number of carbonyl (C=O) groups is 2. The maximum atomic E-state index is 11.7. The number of imide groups is 1. The highest BCUT2D eigenvalue weighted by Crippen LogP contribution is 2.17. The van der Waals surface area contributed by atoms with Crippen LogP contribution in [0.15, 0.2) is 24.3 Å². The zero-order valence-electron chi connectivity index (χ0n) is 10.7. The van der Waals surface area contributed by atoms with Gasteiger partial charge >= 0.3 is 6.03 Å². The van der Waals surface area contributed by atoms with E-state index in [2.05, 4.69) is 0 Å². The second kappa shape index (κ2) is 6.40. The summed E-state index contributed by atoms with van der Waals surface area (Å²) in [6.45, 7) is 3.57. The molecule has 1 aromatic carbocycles. The van der Waals surface area contributed by atoms with Gasteiger partial charge in [0.25, 0.3) is 5.91 Å². The molecule has 100 valence electrons. The van der Waals surface area contributed by atoms with E-state index in [0.29, 0.717) is 11.3 Å². The molecule has 0 saturated carbocycles. The molecule has 0 bridgehead atoms. The molecule has 0 heterocycles. The molecular formula is C13H15N3O3. The summed E-state index contributed by atoms with van der Waals surface area (Å²) >= 11 is 0. The number of nitriles is 1. The van der Waals surface area contributed by atoms with Crippen molar-refractivity contribution in [3.8, 4) is 11.8 Å². The maximum absolute atomic E-state index is 11.7. The smallest absolute Gasteiger partial charge is 0.318 e. The van der Waals surface area contributed by atoms with Crippen LogP contribution < -0.4 is 15.8 Å². The Hall–Kier alpha value is -2.55. The van der Waals surface area contributed by atoms with Crippen molar-refractivity contribution in [2.75, 3.05) is 0 Å². The summed E-state index contributed by atoms with van der Waals surface area (Å²) in [5.41, 5.74) is 5.40. The molecule has 1 aromatic rings. The normalized spacial score (nSPS) is 11.5. The summed E-state index contributed by atoms with van der Waals surface area (Å²) in [5, 5.41) is 10.7. The van der Waals surface area contributed by atoms with Gasteiger partial charge in [-0.25, -0.2) is 4.79 Å². The van der Waals surface area contributed by atoms with E-state index in [-0.39, 0.29) is 5.92 Å². The van der Waals surface area contributed by atoms with E-state index in [0.717, 1.165) is 0 Å². The lowest BCUT2D eigenvalue weighted by atomic mass is 10.1. The van der Waals surface area contributed by atoms with Crippen molar-refractivity contribution in [3.05, 3.63) is 29.8 Å². The fourth-order valence-electron chi connectivity index (χ4n) is 1.44. The largest absolute Gasteiger partial charge is 0.480 e. The Bertz CT molecular complexity index is 503. The first-order chi connectivity index (χ1) is 8.93. The predicted molar refractivity (Wildman–Crippen MR) is 68.1 cm³/mol. The number of ether oxygens (including phenoxy) is 1. The quantitative estimate of drug-likeness (QED) is 0.848. The number of carbonyl (C=O) groups excluding carboxylic acids is 2. The zero-order valence-corrected chi connectivity index (χ0v) is 10.7. The number of nitrogens with one attached hydrogen (secondary N) is 1. The lowest BCUT2D eigenvalue weighted by Gasteiger charge is -2.21.